The Balaban J connectivity index is 2.58. The SMILES string of the molecule is CC(C)C(CO)NCC(O)c1ccc([N+](=O)[O-])cc1. The Morgan fingerprint density at radius 3 is 2.32 bits per heavy atom. The fourth-order valence-electron chi connectivity index (χ4n) is 1.71. The summed E-state index contributed by atoms with van der Waals surface area (Å²) >= 11 is 0. The Labute approximate surface area is 112 Å². The number of rotatable bonds is 7. The van der Waals surface area contributed by atoms with E-state index in [1.807, 2.05) is 13.8 Å². The van der Waals surface area contributed by atoms with Crippen LogP contribution in [-0.2, 0) is 0 Å². The minimum Gasteiger partial charge on any atom is -0.395 e. The molecule has 0 fully saturated rings. The molecule has 6 heteroatoms. The Kier molecular flexibility index (Phi) is 5.88. The minimum atomic E-state index is -0.756. The molecule has 3 N–H and O–H groups in total. The van der Waals surface area contributed by atoms with Crippen molar-refractivity contribution in [3.8, 4) is 0 Å². The van der Waals surface area contributed by atoms with E-state index in [4.69, 9.17) is 5.11 Å². The number of nitrogens with one attached hydrogen (secondary N) is 1. The minimum absolute atomic E-state index is 0.000626. The Morgan fingerprint density at radius 2 is 1.89 bits per heavy atom. The summed E-state index contributed by atoms with van der Waals surface area (Å²) in [7, 11) is 0. The number of nitro benzene ring substituents is 1. The van der Waals surface area contributed by atoms with Gasteiger partial charge in [0, 0.05) is 24.7 Å². The lowest BCUT2D eigenvalue weighted by Crippen LogP contribution is -2.39. The van der Waals surface area contributed by atoms with E-state index in [1.54, 1.807) is 0 Å². The second-order valence-electron chi connectivity index (χ2n) is 4.81. The van der Waals surface area contributed by atoms with Crippen molar-refractivity contribution in [2.75, 3.05) is 13.2 Å². The van der Waals surface area contributed by atoms with Crippen molar-refractivity contribution >= 4 is 5.69 Å². The number of benzene rings is 1. The van der Waals surface area contributed by atoms with Crippen LogP contribution < -0.4 is 5.32 Å². The van der Waals surface area contributed by atoms with Crippen LogP contribution in [0, 0.1) is 16.0 Å². The van der Waals surface area contributed by atoms with Crippen molar-refractivity contribution in [3.05, 3.63) is 39.9 Å². The van der Waals surface area contributed by atoms with Crippen molar-refractivity contribution in [2.45, 2.75) is 26.0 Å². The van der Waals surface area contributed by atoms with Gasteiger partial charge < -0.3 is 15.5 Å². The number of nitro groups is 1. The predicted octanol–water partition coefficient (Wildman–Crippen LogP) is 1.23. The number of aliphatic hydroxyl groups is 2. The van der Waals surface area contributed by atoms with Gasteiger partial charge in [-0.25, -0.2) is 0 Å². The molecule has 0 aliphatic heterocycles. The van der Waals surface area contributed by atoms with Gasteiger partial charge in [-0.3, -0.25) is 10.1 Å². The van der Waals surface area contributed by atoms with Crippen molar-refractivity contribution in [1.82, 2.24) is 5.32 Å². The molecule has 0 spiro atoms. The van der Waals surface area contributed by atoms with Crippen molar-refractivity contribution in [2.24, 2.45) is 5.92 Å². The highest BCUT2D eigenvalue weighted by Crippen LogP contribution is 2.17. The molecule has 0 saturated heterocycles. The molecule has 1 rings (SSSR count). The largest absolute Gasteiger partial charge is 0.395 e. The quantitative estimate of drug-likeness (QED) is 0.510. The fraction of sp³-hybridized carbons (Fsp3) is 0.538. The van der Waals surface area contributed by atoms with E-state index in [2.05, 4.69) is 5.32 Å². The summed E-state index contributed by atoms with van der Waals surface area (Å²) in [4.78, 5) is 10.0. The molecule has 0 amide bonds. The maximum absolute atomic E-state index is 10.5. The zero-order chi connectivity index (χ0) is 14.4. The van der Waals surface area contributed by atoms with Crippen LogP contribution in [0.15, 0.2) is 24.3 Å². The maximum atomic E-state index is 10.5. The molecule has 0 aliphatic carbocycles. The summed E-state index contributed by atoms with van der Waals surface area (Å²) in [5, 5.41) is 32.7. The van der Waals surface area contributed by atoms with Crippen LogP contribution in [0.2, 0.25) is 0 Å². The number of hydrogen-bond acceptors (Lipinski definition) is 5. The number of non-ortho nitro benzene ring substituents is 1. The average molecular weight is 268 g/mol. The summed E-state index contributed by atoms with van der Waals surface area (Å²) in [6, 6.07) is 5.73. The first-order valence-corrected chi connectivity index (χ1v) is 6.22. The van der Waals surface area contributed by atoms with Crippen LogP contribution >= 0.6 is 0 Å². The van der Waals surface area contributed by atoms with Crippen LogP contribution in [0.3, 0.4) is 0 Å². The third-order valence-electron chi connectivity index (χ3n) is 3.06. The molecule has 6 nitrogen and oxygen atoms in total. The second kappa shape index (κ2) is 7.18. The molecule has 19 heavy (non-hydrogen) atoms. The normalized spacial score (nSPS) is 14.4. The van der Waals surface area contributed by atoms with E-state index >= 15 is 0 Å². The van der Waals surface area contributed by atoms with E-state index < -0.39 is 11.0 Å². The topological polar surface area (TPSA) is 95.6 Å². The first kappa shape index (κ1) is 15.6. The number of nitrogens with zero attached hydrogens (tertiary/aromatic N) is 1. The van der Waals surface area contributed by atoms with Gasteiger partial charge in [-0.2, -0.15) is 0 Å². The second-order valence-corrected chi connectivity index (χ2v) is 4.81. The molecule has 0 saturated carbocycles. The Hall–Kier alpha value is -1.50. The van der Waals surface area contributed by atoms with Gasteiger partial charge in [0.2, 0.25) is 0 Å². The fourth-order valence-corrected chi connectivity index (χ4v) is 1.71. The predicted molar refractivity (Wildman–Crippen MR) is 71.8 cm³/mol. The number of hydrogen-bond donors (Lipinski definition) is 3. The zero-order valence-electron chi connectivity index (χ0n) is 11.1. The van der Waals surface area contributed by atoms with E-state index in [0.717, 1.165) is 0 Å². The Morgan fingerprint density at radius 1 is 1.32 bits per heavy atom. The molecule has 0 aromatic heterocycles. The third kappa shape index (κ3) is 4.59. The first-order valence-electron chi connectivity index (χ1n) is 6.22. The molecule has 0 aliphatic rings. The molecule has 0 bridgehead atoms. The number of aliphatic hydroxyl groups excluding tert-OH is 2. The van der Waals surface area contributed by atoms with E-state index in [-0.39, 0.29) is 24.3 Å². The van der Waals surface area contributed by atoms with E-state index in [1.165, 1.54) is 24.3 Å². The van der Waals surface area contributed by atoms with E-state index in [0.29, 0.717) is 12.1 Å². The van der Waals surface area contributed by atoms with Crippen LogP contribution in [0.4, 0.5) is 5.69 Å². The highest BCUT2D eigenvalue weighted by molar-refractivity contribution is 5.33. The third-order valence-corrected chi connectivity index (χ3v) is 3.06. The van der Waals surface area contributed by atoms with Gasteiger partial charge in [0.1, 0.15) is 0 Å². The highest BCUT2D eigenvalue weighted by atomic mass is 16.6. The summed E-state index contributed by atoms with van der Waals surface area (Å²) in [5.74, 6) is 0.258. The lowest BCUT2D eigenvalue weighted by Gasteiger charge is -2.22. The first-order chi connectivity index (χ1) is 8.95. The summed E-state index contributed by atoms with van der Waals surface area (Å²) in [6.07, 6.45) is -0.756. The molecule has 2 unspecified atom stereocenters. The molecule has 0 heterocycles. The average Bonchev–Trinajstić information content (AvgIpc) is 2.38. The van der Waals surface area contributed by atoms with Crippen molar-refractivity contribution < 1.29 is 15.1 Å². The van der Waals surface area contributed by atoms with Gasteiger partial charge in [-0.05, 0) is 23.6 Å². The summed E-state index contributed by atoms with van der Waals surface area (Å²) in [5.41, 5.74) is 0.609. The molecule has 106 valence electrons. The van der Waals surface area contributed by atoms with Gasteiger partial charge in [0.15, 0.2) is 0 Å². The molecular formula is C13H20N2O4. The van der Waals surface area contributed by atoms with Crippen molar-refractivity contribution in [1.29, 1.82) is 0 Å². The monoisotopic (exact) mass is 268 g/mol. The lowest BCUT2D eigenvalue weighted by atomic mass is 10.0. The molecule has 0 radical (unpaired) electrons. The lowest BCUT2D eigenvalue weighted by molar-refractivity contribution is -0.384. The standard InChI is InChI=1S/C13H20N2O4/c1-9(2)12(8-16)14-7-13(17)10-3-5-11(6-4-10)15(18)19/h3-6,9,12-14,16-17H,7-8H2,1-2H3. The molecule has 2 atom stereocenters. The van der Waals surface area contributed by atoms with Gasteiger partial charge in [0.25, 0.3) is 5.69 Å². The highest BCUT2D eigenvalue weighted by Gasteiger charge is 2.15. The van der Waals surface area contributed by atoms with Crippen LogP contribution in [0.5, 0.6) is 0 Å². The van der Waals surface area contributed by atoms with Crippen LogP contribution in [0.25, 0.3) is 0 Å². The zero-order valence-corrected chi connectivity index (χ0v) is 11.1. The van der Waals surface area contributed by atoms with Gasteiger partial charge in [0.05, 0.1) is 17.6 Å². The van der Waals surface area contributed by atoms with Gasteiger partial charge >= 0.3 is 0 Å². The van der Waals surface area contributed by atoms with Gasteiger partial charge in [-0.1, -0.05) is 13.8 Å². The maximum Gasteiger partial charge on any atom is 0.269 e. The van der Waals surface area contributed by atoms with Crippen LogP contribution in [-0.4, -0.2) is 34.3 Å². The van der Waals surface area contributed by atoms with E-state index in [9.17, 15) is 15.2 Å². The smallest absolute Gasteiger partial charge is 0.269 e. The Bertz CT molecular complexity index is 406. The summed E-state index contributed by atoms with van der Waals surface area (Å²) < 4.78 is 0. The molecule has 1 aromatic carbocycles. The van der Waals surface area contributed by atoms with Crippen LogP contribution in [0.1, 0.15) is 25.5 Å². The summed E-state index contributed by atoms with van der Waals surface area (Å²) in [6.45, 7) is 4.25. The van der Waals surface area contributed by atoms with Crippen molar-refractivity contribution in [3.63, 3.8) is 0 Å². The van der Waals surface area contributed by atoms with Gasteiger partial charge in [-0.15, -0.1) is 0 Å². The molecular weight excluding hydrogens is 248 g/mol. The molecule has 1 aromatic rings.